The zero-order chi connectivity index (χ0) is 13.1. The number of esters is 1. The van der Waals surface area contributed by atoms with E-state index in [0.29, 0.717) is 12.2 Å². The molecule has 5 heteroatoms. The van der Waals surface area contributed by atoms with Crippen LogP contribution in [0, 0.1) is 0 Å². The lowest BCUT2D eigenvalue weighted by atomic mass is 10.2. The number of benzene rings is 1. The maximum atomic E-state index is 11.5. The molecule has 0 bridgehead atoms. The molecule has 0 radical (unpaired) electrons. The van der Waals surface area contributed by atoms with Gasteiger partial charge in [-0.3, -0.25) is 4.57 Å². The highest BCUT2D eigenvalue weighted by Gasteiger charge is 2.09. The topological polar surface area (TPSA) is 31.2 Å². The van der Waals surface area contributed by atoms with E-state index in [9.17, 15) is 4.79 Å². The molecule has 0 amide bonds. The number of carbonyl (C=O) groups is 1. The summed E-state index contributed by atoms with van der Waals surface area (Å²) in [5.41, 5.74) is 1.52. The molecule has 1 heterocycles. The first-order chi connectivity index (χ1) is 8.63. The van der Waals surface area contributed by atoms with E-state index in [2.05, 4.69) is 31.9 Å². The molecular formula is C13H11Br2NO2. The Morgan fingerprint density at radius 1 is 1.11 bits per heavy atom. The van der Waals surface area contributed by atoms with Crippen molar-refractivity contribution in [3.05, 3.63) is 51.2 Å². The van der Waals surface area contributed by atoms with Gasteiger partial charge in [0, 0.05) is 5.69 Å². The molecule has 0 saturated heterocycles. The van der Waals surface area contributed by atoms with Gasteiger partial charge in [0.2, 0.25) is 0 Å². The van der Waals surface area contributed by atoms with Crippen LogP contribution in [0.2, 0.25) is 0 Å². The number of aromatic nitrogens is 1. The number of ether oxygens (including phenoxy) is 1. The molecule has 94 valence electrons. The monoisotopic (exact) mass is 371 g/mol. The van der Waals surface area contributed by atoms with Crippen molar-refractivity contribution < 1.29 is 9.53 Å². The fourth-order valence-electron chi connectivity index (χ4n) is 1.60. The highest BCUT2D eigenvalue weighted by Crippen LogP contribution is 2.25. The van der Waals surface area contributed by atoms with E-state index >= 15 is 0 Å². The molecule has 18 heavy (non-hydrogen) atoms. The second-order valence-electron chi connectivity index (χ2n) is 3.58. The van der Waals surface area contributed by atoms with Gasteiger partial charge in [0.1, 0.15) is 0 Å². The number of halogens is 2. The Morgan fingerprint density at radius 3 is 2.17 bits per heavy atom. The molecule has 1 aromatic carbocycles. The summed E-state index contributed by atoms with van der Waals surface area (Å²) < 4.78 is 8.81. The van der Waals surface area contributed by atoms with Gasteiger partial charge in [0.05, 0.1) is 21.4 Å². The number of nitrogens with zero attached hydrogens (tertiary/aromatic N) is 1. The van der Waals surface area contributed by atoms with Crippen molar-refractivity contribution in [2.24, 2.45) is 0 Å². The zero-order valence-electron chi connectivity index (χ0n) is 9.69. The van der Waals surface area contributed by atoms with Crippen LogP contribution >= 0.6 is 31.9 Å². The molecule has 2 aromatic rings. The lowest BCUT2D eigenvalue weighted by Gasteiger charge is -2.08. The van der Waals surface area contributed by atoms with Gasteiger partial charge in [-0.15, -0.1) is 0 Å². The quantitative estimate of drug-likeness (QED) is 0.757. The zero-order valence-corrected chi connectivity index (χ0v) is 12.9. The van der Waals surface area contributed by atoms with Crippen molar-refractivity contribution in [3.8, 4) is 5.69 Å². The van der Waals surface area contributed by atoms with Gasteiger partial charge in [-0.2, -0.15) is 0 Å². The third-order valence-corrected chi connectivity index (χ3v) is 3.66. The minimum atomic E-state index is -0.297. The third kappa shape index (κ3) is 2.67. The molecule has 1 aromatic heterocycles. The summed E-state index contributed by atoms with van der Waals surface area (Å²) in [5.74, 6) is -0.297. The molecule has 3 nitrogen and oxygen atoms in total. The first kappa shape index (κ1) is 13.4. The lowest BCUT2D eigenvalue weighted by Crippen LogP contribution is -2.04. The van der Waals surface area contributed by atoms with Gasteiger partial charge in [-0.05, 0) is 75.2 Å². The van der Waals surface area contributed by atoms with E-state index in [-0.39, 0.29) is 5.97 Å². The molecule has 0 N–H and O–H groups in total. The SMILES string of the molecule is CCOC(=O)c1ccc(-n2c(Br)ccc2Br)cc1. The molecule has 0 aliphatic carbocycles. The average molecular weight is 373 g/mol. The van der Waals surface area contributed by atoms with Crippen molar-refractivity contribution in [1.29, 1.82) is 0 Å². The van der Waals surface area contributed by atoms with Crippen molar-refractivity contribution in [2.75, 3.05) is 6.61 Å². The van der Waals surface area contributed by atoms with E-state index < -0.39 is 0 Å². The summed E-state index contributed by atoms with van der Waals surface area (Å²) in [4.78, 5) is 11.5. The van der Waals surface area contributed by atoms with Gasteiger partial charge < -0.3 is 4.74 Å². The van der Waals surface area contributed by atoms with Gasteiger partial charge in [-0.1, -0.05) is 0 Å². The van der Waals surface area contributed by atoms with Gasteiger partial charge >= 0.3 is 5.97 Å². The maximum Gasteiger partial charge on any atom is 0.338 e. The van der Waals surface area contributed by atoms with E-state index in [1.54, 1.807) is 19.1 Å². The van der Waals surface area contributed by atoms with Crippen molar-refractivity contribution in [1.82, 2.24) is 4.57 Å². The molecule has 0 fully saturated rings. The first-order valence-corrected chi connectivity index (χ1v) is 7.02. The van der Waals surface area contributed by atoms with Crippen LogP contribution in [-0.2, 0) is 4.74 Å². The van der Waals surface area contributed by atoms with Crippen LogP contribution in [0.25, 0.3) is 5.69 Å². The predicted molar refractivity (Wildman–Crippen MR) is 77.1 cm³/mol. The Hall–Kier alpha value is -1.07. The Morgan fingerprint density at radius 2 is 1.67 bits per heavy atom. The van der Waals surface area contributed by atoms with Crippen molar-refractivity contribution >= 4 is 37.8 Å². The molecule has 0 aliphatic rings. The molecule has 0 atom stereocenters. The summed E-state index contributed by atoms with van der Waals surface area (Å²) in [7, 11) is 0. The maximum absolute atomic E-state index is 11.5. The second kappa shape index (κ2) is 5.71. The van der Waals surface area contributed by atoms with Gasteiger partial charge in [-0.25, -0.2) is 4.79 Å². The van der Waals surface area contributed by atoms with Crippen molar-refractivity contribution in [2.45, 2.75) is 6.92 Å². The minimum Gasteiger partial charge on any atom is -0.462 e. The largest absolute Gasteiger partial charge is 0.462 e. The van der Waals surface area contributed by atoms with Gasteiger partial charge in [0.25, 0.3) is 0 Å². The first-order valence-electron chi connectivity index (χ1n) is 5.43. The fourth-order valence-corrected chi connectivity index (χ4v) is 2.89. The summed E-state index contributed by atoms with van der Waals surface area (Å²) in [6, 6.07) is 11.2. The highest BCUT2D eigenvalue weighted by molar-refractivity contribution is 9.11. The van der Waals surface area contributed by atoms with Crippen molar-refractivity contribution in [3.63, 3.8) is 0 Å². The van der Waals surface area contributed by atoms with Gasteiger partial charge in [0.15, 0.2) is 0 Å². The summed E-state index contributed by atoms with van der Waals surface area (Å²) in [6.07, 6.45) is 0. The van der Waals surface area contributed by atoms with Crippen LogP contribution in [-0.4, -0.2) is 17.1 Å². The molecule has 0 aliphatic heterocycles. The molecule has 2 rings (SSSR count). The minimum absolute atomic E-state index is 0.297. The van der Waals surface area contributed by atoms with Crippen LogP contribution in [0.1, 0.15) is 17.3 Å². The average Bonchev–Trinajstić information content (AvgIpc) is 2.70. The Labute approximate surface area is 122 Å². The number of carbonyl (C=O) groups excluding carboxylic acids is 1. The lowest BCUT2D eigenvalue weighted by molar-refractivity contribution is 0.0526. The number of hydrogen-bond donors (Lipinski definition) is 0. The second-order valence-corrected chi connectivity index (χ2v) is 5.21. The molecular weight excluding hydrogens is 362 g/mol. The van der Waals surface area contributed by atoms with Crippen LogP contribution in [0.3, 0.4) is 0 Å². The Bertz CT molecular complexity index is 541. The fraction of sp³-hybridized carbons (Fsp3) is 0.154. The van der Waals surface area contributed by atoms with Crippen LogP contribution < -0.4 is 0 Å². The summed E-state index contributed by atoms with van der Waals surface area (Å²) >= 11 is 6.93. The third-order valence-electron chi connectivity index (χ3n) is 2.42. The van der Waals surface area contributed by atoms with E-state index in [1.165, 1.54) is 0 Å². The predicted octanol–water partition coefficient (Wildman–Crippen LogP) is 4.18. The number of hydrogen-bond acceptors (Lipinski definition) is 2. The molecule has 0 saturated carbocycles. The number of rotatable bonds is 3. The normalized spacial score (nSPS) is 10.4. The van der Waals surface area contributed by atoms with Crippen LogP contribution in [0.4, 0.5) is 0 Å². The smallest absolute Gasteiger partial charge is 0.338 e. The Balaban J connectivity index is 2.31. The molecule has 0 spiro atoms. The van der Waals surface area contributed by atoms with E-state index in [1.807, 2.05) is 28.8 Å². The molecule has 0 unspecified atom stereocenters. The summed E-state index contributed by atoms with van der Waals surface area (Å²) in [5, 5.41) is 0. The highest BCUT2D eigenvalue weighted by atomic mass is 79.9. The standard InChI is InChI=1S/C13H11Br2NO2/c1-2-18-13(17)9-3-5-10(6-4-9)16-11(14)7-8-12(16)15/h3-8H,2H2,1H3. The van der Waals surface area contributed by atoms with Crippen LogP contribution in [0.15, 0.2) is 45.6 Å². The van der Waals surface area contributed by atoms with E-state index in [0.717, 1.165) is 14.9 Å². The summed E-state index contributed by atoms with van der Waals surface area (Å²) in [6.45, 7) is 2.18. The Kier molecular flexibility index (Phi) is 4.24. The van der Waals surface area contributed by atoms with Crippen LogP contribution in [0.5, 0.6) is 0 Å². The van der Waals surface area contributed by atoms with E-state index in [4.69, 9.17) is 4.74 Å².